The van der Waals surface area contributed by atoms with Gasteiger partial charge < -0.3 is 10.6 Å². The van der Waals surface area contributed by atoms with Crippen molar-refractivity contribution in [3.05, 3.63) is 35.9 Å². The van der Waals surface area contributed by atoms with Crippen molar-refractivity contribution in [3.8, 4) is 0 Å². The van der Waals surface area contributed by atoms with Crippen LogP contribution in [-0.2, 0) is 11.3 Å². The summed E-state index contributed by atoms with van der Waals surface area (Å²) in [4.78, 5) is 16.3. The molecule has 19 heavy (non-hydrogen) atoms. The lowest BCUT2D eigenvalue weighted by molar-refractivity contribution is -0.136. The van der Waals surface area contributed by atoms with Crippen molar-refractivity contribution in [3.63, 3.8) is 0 Å². The topological polar surface area (TPSA) is 49.6 Å². The van der Waals surface area contributed by atoms with Gasteiger partial charge in [0.2, 0.25) is 5.91 Å². The number of carbonyl (C=O) groups excluding carboxylic acids is 1. The number of carbonyl (C=O) groups is 1. The summed E-state index contributed by atoms with van der Waals surface area (Å²) in [6, 6.07) is 10.3. The fraction of sp³-hybridized carbons (Fsp3) is 0.533. The highest BCUT2D eigenvalue weighted by Crippen LogP contribution is 2.13. The molecule has 1 heterocycles. The van der Waals surface area contributed by atoms with Crippen molar-refractivity contribution >= 4 is 5.91 Å². The quantitative estimate of drug-likeness (QED) is 0.885. The molecule has 0 spiro atoms. The molecule has 2 atom stereocenters. The molecule has 4 nitrogen and oxygen atoms in total. The lowest BCUT2D eigenvalue weighted by atomic mass is 10.1. The van der Waals surface area contributed by atoms with E-state index in [2.05, 4.69) is 36.1 Å². The van der Waals surface area contributed by atoms with E-state index in [1.54, 1.807) is 6.92 Å². The van der Waals surface area contributed by atoms with Gasteiger partial charge in [-0.05, 0) is 19.4 Å². The van der Waals surface area contributed by atoms with Gasteiger partial charge in [0.1, 0.15) is 0 Å². The predicted molar refractivity (Wildman–Crippen MR) is 76.5 cm³/mol. The number of hydrogen-bond acceptors (Lipinski definition) is 3. The van der Waals surface area contributed by atoms with Gasteiger partial charge in [0, 0.05) is 32.2 Å². The Labute approximate surface area is 115 Å². The largest absolute Gasteiger partial charge is 0.336 e. The van der Waals surface area contributed by atoms with E-state index in [9.17, 15) is 4.79 Å². The second kappa shape index (κ2) is 6.17. The van der Waals surface area contributed by atoms with Gasteiger partial charge in [-0.15, -0.1) is 0 Å². The van der Waals surface area contributed by atoms with Crippen LogP contribution < -0.4 is 5.73 Å². The Morgan fingerprint density at radius 3 is 2.63 bits per heavy atom. The van der Waals surface area contributed by atoms with Gasteiger partial charge in [-0.25, -0.2) is 0 Å². The monoisotopic (exact) mass is 261 g/mol. The minimum atomic E-state index is -0.400. The summed E-state index contributed by atoms with van der Waals surface area (Å²) >= 11 is 0. The van der Waals surface area contributed by atoms with Crippen LogP contribution in [0.5, 0.6) is 0 Å². The van der Waals surface area contributed by atoms with Gasteiger partial charge in [-0.2, -0.15) is 0 Å². The molecular weight excluding hydrogens is 238 g/mol. The second-order valence-electron chi connectivity index (χ2n) is 5.39. The summed E-state index contributed by atoms with van der Waals surface area (Å²) < 4.78 is 0. The average molecular weight is 261 g/mol. The number of rotatable bonds is 3. The molecule has 0 aromatic heterocycles. The molecule has 0 saturated carbocycles. The van der Waals surface area contributed by atoms with Gasteiger partial charge in [0.15, 0.2) is 0 Å². The van der Waals surface area contributed by atoms with Crippen molar-refractivity contribution in [1.29, 1.82) is 0 Å². The lowest BCUT2D eigenvalue weighted by Crippen LogP contribution is -2.56. The summed E-state index contributed by atoms with van der Waals surface area (Å²) in [6.45, 7) is 7.40. The number of benzene rings is 1. The molecule has 1 amide bonds. The third-order valence-corrected chi connectivity index (χ3v) is 3.63. The zero-order valence-corrected chi connectivity index (χ0v) is 11.7. The number of hydrogen-bond donors (Lipinski definition) is 1. The normalized spacial score (nSPS) is 22.3. The highest BCUT2D eigenvalue weighted by atomic mass is 16.2. The molecule has 2 rings (SSSR count). The number of nitrogens with two attached hydrogens (primary N) is 1. The minimum absolute atomic E-state index is 0.0619. The van der Waals surface area contributed by atoms with Gasteiger partial charge in [-0.3, -0.25) is 9.69 Å². The third kappa shape index (κ3) is 3.55. The average Bonchev–Trinajstić information content (AvgIpc) is 2.39. The summed E-state index contributed by atoms with van der Waals surface area (Å²) in [7, 11) is 0. The maximum Gasteiger partial charge on any atom is 0.239 e. The van der Waals surface area contributed by atoms with E-state index in [0.29, 0.717) is 0 Å². The van der Waals surface area contributed by atoms with E-state index in [-0.39, 0.29) is 11.9 Å². The van der Waals surface area contributed by atoms with E-state index < -0.39 is 6.04 Å². The lowest BCUT2D eigenvalue weighted by Gasteiger charge is -2.40. The standard InChI is InChI=1S/C15H23N3O/c1-12-10-17(11-14-6-4-3-5-7-14)8-9-18(12)15(19)13(2)16/h3-7,12-13H,8-11,16H2,1-2H3/t12-,13+/m0/s1. The Morgan fingerprint density at radius 2 is 2.05 bits per heavy atom. The van der Waals surface area contributed by atoms with Gasteiger partial charge in [0.25, 0.3) is 0 Å². The summed E-state index contributed by atoms with van der Waals surface area (Å²) in [5, 5.41) is 0. The first kappa shape index (κ1) is 14.0. The van der Waals surface area contributed by atoms with Crippen molar-refractivity contribution in [2.75, 3.05) is 19.6 Å². The van der Waals surface area contributed by atoms with Crippen LogP contribution in [0.2, 0.25) is 0 Å². The Balaban J connectivity index is 1.91. The highest BCUT2D eigenvalue weighted by Gasteiger charge is 2.28. The first-order chi connectivity index (χ1) is 9.08. The first-order valence-electron chi connectivity index (χ1n) is 6.90. The molecule has 0 unspecified atom stereocenters. The van der Waals surface area contributed by atoms with Gasteiger partial charge in [0.05, 0.1) is 6.04 Å². The van der Waals surface area contributed by atoms with Crippen LogP contribution in [-0.4, -0.2) is 47.4 Å². The molecule has 2 N–H and O–H groups in total. The molecule has 1 aromatic rings. The Kier molecular flexibility index (Phi) is 4.56. The minimum Gasteiger partial charge on any atom is -0.336 e. The summed E-state index contributed by atoms with van der Waals surface area (Å²) in [6.07, 6.45) is 0. The molecule has 0 bridgehead atoms. The Bertz CT molecular complexity index is 419. The molecule has 1 aromatic carbocycles. The van der Waals surface area contributed by atoms with E-state index in [1.807, 2.05) is 11.0 Å². The molecule has 4 heteroatoms. The molecule has 1 saturated heterocycles. The van der Waals surface area contributed by atoms with Crippen LogP contribution in [0.3, 0.4) is 0 Å². The highest BCUT2D eigenvalue weighted by molar-refractivity contribution is 5.81. The third-order valence-electron chi connectivity index (χ3n) is 3.63. The second-order valence-corrected chi connectivity index (χ2v) is 5.39. The molecule has 1 aliphatic rings. The molecule has 1 fully saturated rings. The van der Waals surface area contributed by atoms with Crippen LogP contribution in [0, 0.1) is 0 Å². The maximum absolute atomic E-state index is 12.0. The zero-order valence-electron chi connectivity index (χ0n) is 11.7. The summed E-state index contributed by atoms with van der Waals surface area (Å²) in [5.41, 5.74) is 7.00. The van der Waals surface area contributed by atoms with Crippen molar-refractivity contribution in [1.82, 2.24) is 9.80 Å². The molecule has 1 aliphatic heterocycles. The van der Waals surface area contributed by atoms with Gasteiger partial charge >= 0.3 is 0 Å². The van der Waals surface area contributed by atoms with E-state index in [0.717, 1.165) is 26.2 Å². The molecular formula is C15H23N3O. The van der Waals surface area contributed by atoms with Crippen molar-refractivity contribution in [2.45, 2.75) is 32.5 Å². The van der Waals surface area contributed by atoms with E-state index in [4.69, 9.17) is 5.73 Å². The van der Waals surface area contributed by atoms with Crippen LogP contribution in [0.4, 0.5) is 0 Å². The molecule has 104 valence electrons. The van der Waals surface area contributed by atoms with Crippen molar-refractivity contribution in [2.24, 2.45) is 5.73 Å². The number of amides is 1. The van der Waals surface area contributed by atoms with Crippen LogP contribution >= 0.6 is 0 Å². The SMILES string of the molecule is C[C@@H](N)C(=O)N1CCN(Cc2ccccc2)C[C@@H]1C. The molecule has 0 aliphatic carbocycles. The van der Waals surface area contributed by atoms with Crippen LogP contribution in [0.25, 0.3) is 0 Å². The van der Waals surface area contributed by atoms with Crippen molar-refractivity contribution < 1.29 is 4.79 Å². The fourth-order valence-corrected chi connectivity index (χ4v) is 2.61. The van der Waals surface area contributed by atoms with E-state index >= 15 is 0 Å². The number of piperazine rings is 1. The Morgan fingerprint density at radius 1 is 1.37 bits per heavy atom. The zero-order chi connectivity index (χ0) is 13.8. The Hall–Kier alpha value is -1.39. The number of nitrogens with zero attached hydrogens (tertiary/aromatic N) is 2. The predicted octanol–water partition coefficient (Wildman–Crippen LogP) is 1.07. The van der Waals surface area contributed by atoms with E-state index in [1.165, 1.54) is 5.56 Å². The fourth-order valence-electron chi connectivity index (χ4n) is 2.61. The maximum atomic E-state index is 12.0. The first-order valence-corrected chi connectivity index (χ1v) is 6.90. The van der Waals surface area contributed by atoms with Crippen LogP contribution in [0.1, 0.15) is 19.4 Å². The van der Waals surface area contributed by atoms with Gasteiger partial charge in [-0.1, -0.05) is 30.3 Å². The van der Waals surface area contributed by atoms with Crippen LogP contribution in [0.15, 0.2) is 30.3 Å². The smallest absolute Gasteiger partial charge is 0.239 e. The molecule has 0 radical (unpaired) electrons. The summed E-state index contributed by atoms with van der Waals surface area (Å²) in [5.74, 6) is 0.0619.